The number of hydrogen-bond donors (Lipinski definition) is 0. The van der Waals surface area contributed by atoms with E-state index in [2.05, 4.69) is 0 Å². The number of thioether (sulfide) groups is 1. The number of thiophene rings is 1. The van der Waals surface area contributed by atoms with Gasteiger partial charge in [-0.15, -0.1) is 11.3 Å². The third kappa shape index (κ3) is 5.09. The van der Waals surface area contributed by atoms with Crippen LogP contribution in [0, 0.1) is 6.92 Å². The van der Waals surface area contributed by atoms with E-state index >= 15 is 0 Å². The number of hydrogen-bond acceptors (Lipinski definition) is 7. The van der Waals surface area contributed by atoms with Gasteiger partial charge in [-0.1, -0.05) is 84.1 Å². The third-order valence-electron chi connectivity index (χ3n) is 6.15. The lowest BCUT2D eigenvalue weighted by molar-refractivity contribution is -0.123. The summed E-state index contributed by atoms with van der Waals surface area (Å²) in [5, 5.41) is 1.19. The van der Waals surface area contributed by atoms with Gasteiger partial charge in [-0.25, -0.2) is 4.79 Å². The first-order chi connectivity index (χ1) is 18.3. The fourth-order valence-electron chi connectivity index (χ4n) is 4.15. The Bertz CT molecular complexity index is 1610. The smallest absolute Gasteiger partial charge is 0.355 e. The van der Waals surface area contributed by atoms with Gasteiger partial charge >= 0.3 is 5.97 Å². The van der Waals surface area contributed by atoms with E-state index in [4.69, 9.17) is 33.3 Å². The van der Waals surface area contributed by atoms with Crippen LogP contribution in [0.5, 0.6) is 11.5 Å². The van der Waals surface area contributed by atoms with Crippen LogP contribution >= 0.6 is 46.9 Å². The Kier molecular flexibility index (Phi) is 7.59. The number of nitrogens with zero attached hydrogens (tertiary/aromatic N) is 1. The molecule has 0 N–H and O–H groups in total. The van der Waals surface area contributed by atoms with Gasteiger partial charge < -0.3 is 9.47 Å². The second kappa shape index (κ2) is 10.9. The normalized spacial score (nSPS) is 15.4. The number of carbonyl (C=O) groups is 2. The lowest BCUT2D eigenvalue weighted by Crippen LogP contribution is -2.30. The minimum absolute atomic E-state index is 0.152. The zero-order valence-electron chi connectivity index (χ0n) is 20.7. The summed E-state index contributed by atoms with van der Waals surface area (Å²) < 4.78 is 12.6. The molecule has 0 saturated carbocycles. The summed E-state index contributed by atoms with van der Waals surface area (Å²) >= 11 is 14.6. The molecule has 2 heterocycles. The molecule has 1 saturated heterocycles. The predicted molar refractivity (Wildman–Crippen MR) is 159 cm³/mol. The number of methoxy groups -OCH3 is 1. The number of fused-ring (bicyclic) bond motifs is 1. The minimum Gasteiger partial charge on any atom is -0.493 e. The van der Waals surface area contributed by atoms with E-state index in [9.17, 15) is 9.59 Å². The average Bonchev–Trinajstić information content (AvgIpc) is 3.39. The molecule has 1 amide bonds. The number of rotatable bonds is 6. The van der Waals surface area contributed by atoms with Crippen LogP contribution in [0.4, 0.5) is 0 Å². The first kappa shape index (κ1) is 26.4. The molecular formula is C29H22ClNO4S3. The summed E-state index contributed by atoms with van der Waals surface area (Å²) in [5.41, 5.74) is 2.80. The predicted octanol–water partition coefficient (Wildman–Crippen LogP) is 8.05. The fourth-order valence-corrected chi connectivity index (χ4v) is 7.06. The van der Waals surface area contributed by atoms with Crippen LogP contribution < -0.4 is 9.47 Å². The zero-order chi connectivity index (χ0) is 27.0. The highest BCUT2D eigenvalue weighted by molar-refractivity contribution is 8.26. The monoisotopic (exact) mass is 579 g/mol. The molecule has 192 valence electrons. The van der Waals surface area contributed by atoms with E-state index in [1.165, 1.54) is 30.2 Å². The number of ether oxygens (including phenoxy) is 2. The van der Waals surface area contributed by atoms with Crippen molar-refractivity contribution in [2.45, 2.75) is 19.9 Å². The quantitative estimate of drug-likeness (QED) is 0.0996. The first-order valence-electron chi connectivity index (χ1n) is 11.7. The molecule has 1 aromatic heterocycles. The van der Waals surface area contributed by atoms with Crippen LogP contribution in [0.25, 0.3) is 16.2 Å². The van der Waals surface area contributed by atoms with Crippen molar-refractivity contribution in [2.24, 2.45) is 0 Å². The van der Waals surface area contributed by atoms with Gasteiger partial charge in [0.05, 0.1) is 23.1 Å². The Hall–Kier alpha value is -3.17. The van der Waals surface area contributed by atoms with Crippen LogP contribution in [0.3, 0.4) is 0 Å². The molecule has 9 heteroatoms. The molecule has 0 bridgehead atoms. The molecule has 38 heavy (non-hydrogen) atoms. The second-order valence-electron chi connectivity index (χ2n) is 8.68. The summed E-state index contributed by atoms with van der Waals surface area (Å²) in [4.78, 5) is 28.7. The SMILES string of the molecule is COc1cc(/C=C2\SC(=S)N(C(C)c3ccccc3)C2=O)ccc1OC(=O)c1sc2cc(C)ccc2c1Cl. The first-order valence-corrected chi connectivity index (χ1v) is 14.1. The zero-order valence-corrected chi connectivity index (χ0v) is 23.9. The van der Waals surface area contributed by atoms with Gasteiger partial charge in [0.25, 0.3) is 5.91 Å². The Morgan fingerprint density at radius 1 is 1.08 bits per heavy atom. The fraction of sp³-hybridized carbons (Fsp3) is 0.138. The van der Waals surface area contributed by atoms with Crippen molar-refractivity contribution in [3.8, 4) is 11.5 Å². The molecule has 4 aromatic rings. The van der Waals surface area contributed by atoms with Crippen LogP contribution in [0.2, 0.25) is 5.02 Å². The maximum absolute atomic E-state index is 13.2. The number of thiocarbonyl (C=S) groups is 1. The molecule has 1 aliphatic heterocycles. The average molecular weight is 580 g/mol. The Morgan fingerprint density at radius 3 is 2.58 bits per heavy atom. The summed E-state index contributed by atoms with van der Waals surface area (Å²) in [6.07, 6.45) is 1.76. The lowest BCUT2D eigenvalue weighted by Gasteiger charge is -2.23. The van der Waals surface area contributed by atoms with Crippen molar-refractivity contribution in [3.63, 3.8) is 0 Å². The second-order valence-corrected chi connectivity index (χ2v) is 11.8. The maximum atomic E-state index is 13.2. The van der Waals surface area contributed by atoms with Crippen LogP contribution in [0.1, 0.15) is 39.3 Å². The molecular weight excluding hydrogens is 558 g/mol. The van der Waals surface area contributed by atoms with Crippen LogP contribution in [-0.4, -0.2) is 28.2 Å². The molecule has 0 spiro atoms. The van der Waals surface area contributed by atoms with Crippen LogP contribution in [0.15, 0.2) is 71.6 Å². The number of halogens is 1. The molecule has 5 rings (SSSR count). The van der Waals surface area contributed by atoms with Gasteiger partial charge in [0.2, 0.25) is 0 Å². The topological polar surface area (TPSA) is 55.8 Å². The van der Waals surface area contributed by atoms with E-state index in [1.807, 2.05) is 62.4 Å². The van der Waals surface area contributed by atoms with Crippen molar-refractivity contribution in [1.29, 1.82) is 0 Å². The van der Waals surface area contributed by atoms with Gasteiger partial charge in [0.1, 0.15) is 9.20 Å². The van der Waals surface area contributed by atoms with E-state index < -0.39 is 5.97 Å². The summed E-state index contributed by atoms with van der Waals surface area (Å²) in [6, 6.07) is 20.5. The van der Waals surface area contributed by atoms with Crippen molar-refractivity contribution in [2.75, 3.05) is 7.11 Å². The molecule has 1 aliphatic rings. The van der Waals surface area contributed by atoms with Gasteiger partial charge in [-0.05, 0) is 54.8 Å². The summed E-state index contributed by atoms with van der Waals surface area (Å²) in [6.45, 7) is 3.94. The van der Waals surface area contributed by atoms with Gasteiger partial charge in [-0.3, -0.25) is 9.69 Å². The minimum atomic E-state index is -0.560. The third-order valence-corrected chi connectivity index (χ3v) is 9.12. The number of aryl methyl sites for hydroxylation is 1. The molecule has 1 fully saturated rings. The van der Waals surface area contributed by atoms with Crippen molar-refractivity contribution < 1.29 is 19.1 Å². The van der Waals surface area contributed by atoms with E-state index in [0.717, 1.165) is 21.2 Å². The summed E-state index contributed by atoms with van der Waals surface area (Å²) in [5.74, 6) is -0.103. The standard InChI is InChI=1S/C29H22ClNO4S3/c1-16-9-11-20-23(13-16)37-26(25(20)30)28(33)35-21-12-10-18(14-22(21)34-3)15-24-27(32)31(29(36)38-24)17(2)19-7-5-4-6-8-19/h4-15,17H,1-3H3/b24-15-. The Balaban J connectivity index is 1.37. The Morgan fingerprint density at radius 2 is 1.84 bits per heavy atom. The molecule has 1 unspecified atom stereocenters. The lowest BCUT2D eigenvalue weighted by atomic mass is 10.1. The van der Waals surface area contributed by atoms with E-state index in [0.29, 0.717) is 30.4 Å². The summed E-state index contributed by atoms with van der Waals surface area (Å²) in [7, 11) is 1.49. The highest BCUT2D eigenvalue weighted by Gasteiger charge is 2.36. The van der Waals surface area contributed by atoms with E-state index in [-0.39, 0.29) is 17.7 Å². The maximum Gasteiger partial charge on any atom is 0.355 e. The van der Waals surface area contributed by atoms with Gasteiger partial charge in [0.15, 0.2) is 11.5 Å². The molecule has 0 aliphatic carbocycles. The van der Waals surface area contributed by atoms with Gasteiger partial charge in [-0.2, -0.15) is 0 Å². The van der Waals surface area contributed by atoms with E-state index in [1.54, 1.807) is 29.2 Å². The van der Waals surface area contributed by atoms with Crippen molar-refractivity contribution >= 4 is 79.3 Å². The van der Waals surface area contributed by atoms with Crippen LogP contribution in [-0.2, 0) is 4.79 Å². The number of amides is 1. The molecule has 3 aromatic carbocycles. The highest BCUT2D eigenvalue weighted by atomic mass is 35.5. The highest BCUT2D eigenvalue weighted by Crippen LogP contribution is 2.40. The largest absolute Gasteiger partial charge is 0.493 e. The molecule has 5 nitrogen and oxygen atoms in total. The number of benzene rings is 3. The number of carbonyl (C=O) groups excluding carboxylic acids is 2. The van der Waals surface area contributed by atoms with Gasteiger partial charge in [0, 0.05) is 10.1 Å². The van der Waals surface area contributed by atoms with Crippen molar-refractivity contribution in [3.05, 3.63) is 98.2 Å². The van der Waals surface area contributed by atoms with Crippen molar-refractivity contribution in [1.82, 2.24) is 4.90 Å². The number of esters is 1. The molecule has 1 atom stereocenters. The molecule has 0 radical (unpaired) electrons. The Labute approximate surface area is 239 Å².